The van der Waals surface area contributed by atoms with Crippen molar-refractivity contribution in [2.75, 3.05) is 20.0 Å². The second-order valence-corrected chi connectivity index (χ2v) is 6.42. The summed E-state index contributed by atoms with van der Waals surface area (Å²) in [5.41, 5.74) is 8.45. The second-order valence-electron chi connectivity index (χ2n) is 6.42. The molecule has 8 heteroatoms. The van der Waals surface area contributed by atoms with E-state index < -0.39 is 4.92 Å². The maximum absolute atomic E-state index is 11.2. The Morgan fingerprint density at radius 2 is 1.89 bits per heavy atom. The first kappa shape index (κ1) is 19.2. The summed E-state index contributed by atoms with van der Waals surface area (Å²) in [5.74, 6) is 1.58. The summed E-state index contributed by atoms with van der Waals surface area (Å²) in [6.45, 7) is 0. The molecule has 0 fully saturated rings. The fourth-order valence-corrected chi connectivity index (χ4v) is 3.16. The van der Waals surface area contributed by atoms with Gasteiger partial charge < -0.3 is 19.8 Å². The molecule has 2 N–H and O–H groups in total. The van der Waals surface area contributed by atoms with Crippen LogP contribution in [0.15, 0.2) is 48.7 Å². The van der Waals surface area contributed by atoms with Gasteiger partial charge in [0, 0.05) is 36.9 Å². The standard InChI is InChI=1S/C20H22N4O4/c1-23-12-18(22-20(23)21)17(13-4-7-16(27-2)8-5-13)11-14-10-15(24(25)26)6-9-19(14)28-3/h4-10,12,17H,11H2,1-3H3,(H2,21,22). The molecule has 0 amide bonds. The highest BCUT2D eigenvalue weighted by atomic mass is 16.6. The van der Waals surface area contributed by atoms with Crippen LogP contribution in [0.25, 0.3) is 0 Å². The van der Waals surface area contributed by atoms with E-state index in [0.29, 0.717) is 18.1 Å². The van der Waals surface area contributed by atoms with E-state index in [4.69, 9.17) is 15.2 Å². The average Bonchev–Trinajstić information content (AvgIpc) is 3.04. The fourth-order valence-electron chi connectivity index (χ4n) is 3.16. The van der Waals surface area contributed by atoms with Gasteiger partial charge in [-0.2, -0.15) is 0 Å². The van der Waals surface area contributed by atoms with Gasteiger partial charge in [0.25, 0.3) is 5.69 Å². The third-order valence-corrected chi connectivity index (χ3v) is 4.70. The number of nitrogens with two attached hydrogens (primary N) is 1. The van der Waals surface area contributed by atoms with Crippen LogP contribution in [0.4, 0.5) is 11.6 Å². The number of imidazole rings is 1. The molecule has 3 rings (SSSR count). The Bertz CT molecular complexity index is 963. The molecule has 146 valence electrons. The smallest absolute Gasteiger partial charge is 0.269 e. The van der Waals surface area contributed by atoms with Crippen LogP contribution in [0.1, 0.15) is 22.7 Å². The molecule has 0 bridgehead atoms. The van der Waals surface area contributed by atoms with Gasteiger partial charge >= 0.3 is 0 Å². The third-order valence-electron chi connectivity index (χ3n) is 4.70. The van der Waals surface area contributed by atoms with Crippen molar-refractivity contribution in [1.82, 2.24) is 9.55 Å². The van der Waals surface area contributed by atoms with Crippen LogP contribution in [-0.4, -0.2) is 28.7 Å². The molecule has 0 aliphatic rings. The van der Waals surface area contributed by atoms with Crippen LogP contribution < -0.4 is 15.2 Å². The van der Waals surface area contributed by atoms with Gasteiger partial charge in [-0.05, 0) is 30.2 Å². The monoisotopic (exact) mass is 382 g/mol. The van der Waals surface area contributed by atoms with Gasteiger partial charge in [-0.1, -0.05) is 12.1 Å². The lowest BCUT2D eigenvalue weighted by Crippen LogP contribution is -2.08. The molecule has 0 radical (unpaired) electrons. The molecule has 1 atom stereocenters. The highest BCUT2D eigenvalue weighted by Gasteiger charge is 2.22. The van der Waals surface area contributed by atoms with Crippen molar-refractivity contribution in [1.29, 1.82) is 0 Å². The Morgan fingerprint density at radius 1 is 1.18 bits per heavy atom. The van der Waals surface area contributed by atoms with E-state index in [1.807, 2.05) is 37.5 Å². The van der Waals surface area contributed by atoms with E-state index in [1.54, 1.807) is 30.9 Å². The Hall–Kier alpha value is -3.55. The predicted molar refractivity (Wildman–Crippen MR) is 106 cm³/mol. The van der Waals surface area contributed by atoms with Gasteiger partial charge in [-0.3, -0.25) is 10.1 Å². The van der Waals surface area contributed by atoms with E-state index in [-0.39, 0.29) is 11.6 Å². The summed E-state index contributed by atoms with van der Waals surface area (Å²) in [4.78, 5) is 15.3. The minimum absolute atomic E-state index is 0.0183. The number of methoxy groups -OCH3 is 2. The Balaban J connectivity index is 2.06. The van der Waals surface area contributed by atoms with E-state index in [2.05, 4.69) is 4.98 Å². The van der Waals surface area contributed by atoms with Gasteiger partial charge in [0.05, 0.1) is 24.8 Å². The number of rotatable bonds is 7. The molecule has 2 aromatic carbocycles. The molecule has 0 aliphatic carbocycles. The minimum Gasteiger partial charge on any atom is -0.497 e. The normalized spacial score (nSPS) is 11.8. The quantitative estimate of drug-likeness (QED) is 0.496. The number of nitrogens with zero attached hydrogens (tertiary/aromatic N) is 3. The molecular weight excluding hydrogens is 360 g/mol. The molecule has 0 aliphatic heterocycles. The molecule has 1 unspecified atom stereocenters. The van der Waals surface area contributed by atoms with Gasteiger partial charge in [-0.25, -0.2) is 4.98 Å². The predicted octanol–water partition coefficient (Wildman–Crippen LogP) is 3.30. The molecule has 1 aromatic heterocycles. The first-order valence-electron chi connectivity index (χ1n) is 8.67. The van der Waals surface area contributed by atoms with E-state index >= 15 is 0 Å². The maximum atomic E-state index is 11.2. The largest absolute Gasteiger partial charge is 0.497 e. The van der Waals surface area contributed by atoms with Crippen molar-refractivity contribution in [2.24, 2.45) is 7.05 Å². The van der Waals surface area contributed by atoms with Gasteiger partial charge in [0.2, 0.25) is 0 Å². The number of non-ortho nitro benzene ring substituents is 1. The third kappa shape index (κ3) is 3.90. The summed E-state index contributed by atoms with van der Waals surface area (Å²) in [5, 5.41) is 11.2. The first-order valence-corrected chi connectivity index (χ1v) is 8.67. The Labute approximate surface area is 162 Å². The zero-order valence-corrected chi connectivity index (χ0v) is 16.0. The van der Waals surface area contributed by atoms with Crippen LogP contribution in [-0.2, 0) is 13.5 Å². The lowest BCUT2D eigenvalue weighted by molar-refractivity contribution is -0.384. The van der Waals surface area contributed by atoms with Crippen molar-refractivity contribution in [3.8, 4) is 11.5 Å². The van der Waals surface area contributed by atoms with Crippen molar-refractivity contribution >= 4 is 11.6 Å². The molecular formula is C20H22N4O4. The van der Waals surface area contributed by atoms with Crippen molar-refractivity contribution < 1.29 is 14.4 Å². The van der Waals surface area contributed by atoms with Gasteiger partial charge in [0.15, 0.2) is 5.95 Å². The summed E-state index contributed by atoms with van der Waals surface area (Å²) in [6.07, 6.45) is 2.34. The van der Waals surface area contributed by atoms with E-state index in [0.717, 1.165) is 22.6 Å². The summed E-state index contributed by atoms with van der Waals surface area (Å²) in [7, 11) is 4.98. The van der Waals surface area contributed by atoms with E-state index in [1.165, 1.54) is 6.07 Å². The number of anilines is 1. The lowest BCUT2D eigenvalue weighted by Gasteiger charge is -2.18. The molecule has 8 nitrogen and oxygen atoms in total. The van der Waals surface area contributed by atoms with Crippen molar-refractivity contribution in [3.05, 3.63) is 75.6 Å². The number of nitrogen functional groups attached to an aromatic ring is 1. The molecule has 1 heterocycles. The number of nitro groups is 1. The van der Waals surface area contributed by atoms with Crippen LogP contribution in [0.2, 0.25) is 0 Å². The van der Waals surface area contributed by atoms with Gasteiger partial charge in [-0.15, -0.1) is 0 Å². The van der Waals surface area contributed by atoms with Crippen molar-refractivity contribution in [3.63, 3.8) is 0 Å². The van der Waals surface area contributed by atoms with Crippen LogP contribution >= 0.6 is 0 Å². The SMILES string of the molecule is COc1ccc(C(Cc2cc([N+](=O)[O-])ccc2OC)c2cn(C)c(N)n2)cc1. The molecule has 3 aromatic rings. The number of aryl methyl sites for hydroxylation is 1. The van der Waals surface area contributed by atoms with Crippen LogP contribution in [0.5, 0.6) is 11.5 Å². The zero-order chi connectivity index (χ0) is 20.3. The fraction of sp³-hybridized carbons (Fsp3) is 0.250. The Kier molecular flexibility index (Phi) is 5.49. The minimum atomic E-state index is -0.413. The van der Waals surface area contributed by atoms with Crippen molar-refractivity contribution in [2.45, 2.75) is 12.3 Å². The molecule has 28 heavy (non-hydrogen) atoms. The highest BCUT2D eigenvalue weighted by Crippen LogP contribution is 2.34. The maximum Gasteiger partial charge on any atom is 0.269 e. The Morgan fingerprint density at radius 3 is 2.43 bits per heavy atom. The second kappa shape index (κ2) is 7.99. The summed E-state index contributed by atoms with van der Waals surface area (Å²) < 4.78 is 12.4. The molecule has 0 saturated carbocycles. The molecule has 0 spiro atoms. The first-order chi connectivity index (χ1) is 13.4. The number of hydrogen-bond acceptors (Lipinski definition) is 6. The summed E-state index contributed by atoms with van der Waals surface area (Å²) in [6, 6.07) is 12.3. The number of ether oxygens (including phenoxy) is 2. The zero-order valence-electron chi connectivity index (χ0n) is 16.0. The number of benzene rings is 2. The van der Waals surface area contributed by atoms with Crippen LogP contribution in [0, 0.1) is 10.1 Å². The number of nitro benzene ring substituents is 1. The average molecular weight is 382 g/mol. The number of aromatic nitrogens is 2. The van der Waals surface area contributed by atoms with Gasteiger partial charge in [0.1, 0.15) is 11.5 Å². The lowest BCUT2D eigenvalue weighted by atomic mass is 9.89. The topological polar surface area (TPSA) is 105 Å². The van der Waals surface area contributed by atoms with E-state index in [9.17, 15) is 10.1 Å². The molecule has 0 saturated heterocycles. The van der Waals surface area contributed by atoms with Crippen LogP contribution in [0.3, 0.4) is 0 Å². The summed E-state index contributed by atoms with van der Waals surface area (Å²) >= 11 is 0. The highest BCUT2D eigenvalue weighted by molar-refractivity contribution is 5.46. The number of hydrogen-bond donors (Lipinski definition) is 1.